The fourth-order valence-electron chi connectivity index (χ4n) is 1.93. The maximum Gasteiger partial charge on any atom is 0.489 e. The molecule has 0 saturated carbocycles. The quantitative estimate of drug-likeness (QED) is 0.644. The highest BCUT2D eigenvalue weighted by atomic mass is 16.4. The number of benzene rings is 1. The summed E-state index contributed by atoms with van der Waals surface area (Å²) in [5, 5.41) is 20.3. The molecule has 0 aliphatic rings. The Kier molecular flexibility index (Phi) is 2.85. The molecule has 82 valence electrons. The van der Waals surface area contributed by atoms with Gasteiger partial charge in [0.1, 0.15) is 11.0 Å². The van der Waals surface area contributed by atoms with Crippen LogP contribution in [-0.2, 0) is 0 Å². The molecule has 0 amide bonds. The van der Waals surface area contributed by atoms with Crippen LogP contribution in [0, 0.1) is 0 Å². The Morgan fingerprint density at radius 3 is 2.50 bits per heavy atom. The van der Waals surface area contributed by atoms with Crippen molar-refractivity contribution in [2.45, 2.75) is 13.8 Å². The molecule has 0 atom stereocenters. The van der Waals surface area contributed by atoms with Crippen LogP contribution in [-0.4, -0.2) is 17.2 Å². The maximum absolute atomic E-state index is 9.31. The summed E-state index contributed by atoms with van der Waals surface area (Å²) in [7, 11) is -1.48. The van der Waals surface area contributed by atoms with E-state index in [1.807, 2.05) is 32.1 Å². The van der Waals surface area contributed by atoms with Gasteiger partial charge in [0.15, 0.2) is 0 Å². The van der Waals surface area contributed by atoms with Crippen LogP contribution < -0.4 is 16.1 Å². The standard InChI is InChI=1S/C12H13BO3/c1-3-8-10(4-2)16-11-7-5-6-9(12(8)11)13(14)15/h3-7,14-15H,1-2H3/b8-3+,10-4+. The lowest BCUT2D eigenvalue weighted by Crippen LogP contribution is -2.34. The number of furan rings is 1. The minimum atomic E-state index is -1.48. The van der Waals surface area contributed by atoms with E-state index < -0.39 is 7.12 Å². The van der Waals surface area contributed by atoms with E-state index in [9.17, 15) is 10.0 Å². The van der Waals surface area contributed by atoms with Crippen molar-refractivity contribution in [1.29, 1.82) is 0 Å². The highest BCUT2D eigenvalue weighted by molar-refractivity contribution is 6.61. The van der Waals surface area contributed by atoms with Gasteiger partial charge in [-0.05, 0) is 31.5 Å². The average Bonchev–Trinajstić information content (AvgIpc) is 2.65. The Hall–Kier alpha value is -1.52. The van der Waals surface area contributed by atoms with Crippen LogP contribution in [0.25, 0.3) is 23.1 Å². The summed E-state index contributed by atoms with van der Waals surface area (Å²) in [4.78, 5) is 0. The molecule has 0 aliphatic heterocycles. The van der Waals surface area contributed by atoms with Gasteiger partial charge in [-0.2, -0.15) is 0 Å². The average molecular weight is 216 g/mol. The van der Waals surface area contributed by atoms with Crippen molar-refractivity contribution in [2.24, 2.45) is 0 Å². The van der Waals surface area contributed by atoms with E-state index in [2.05, 4.69) is 0 Å². The first-order valence-corrected chi connectivity index (χ1v) is 5.19. The van der Waals surface area contributed by atoms with E-state index >= 15 is 0 Å². The third kappa shape index (κ3) is 1.56. The first kappa shape index (κ1) is 11.0. The fraction of sp³-hybridized carbons (Fsp3) is 0.167. The molecule has 16 heavy (non-hydrogen) atoms. The Balaban J connectivity index is 3.03. The molecular formula is C12H13BO3. The van der Waals surface area contributed by atoms with Gasteiger partial charge in [0.2, 0.25) is 0 Å². The monoisotopic (exact) mass is 216 g/mol. The Bertz CT molecular complexity index is 625. The summed E-state index contributed by atoms with van der Waals surface area (Å²) in [6.07, 6.45) is 3.77. The van der Waals surface area contributed by atoms with Crippen LogP contribution in [0.3, 0.4) is 0 Å². The van der Waals surface area contributed by atoms with Crippen molar-refractivity contribution in [3.8, 4) is 0 Å². The van der Waals surface area contributed by atoms with Gasteiger partial charge in [0, 0.05) is 10.6 Å². The highest BCUT2D eigenvalue weighted by Crippen LogP contribution is 2.05. The lowest BCUT2D eigenvalue weighted by molar-refractivity contribution is 0.426. The van der Waals surface area contributed by atoms with Crippen molar-refractivity contribution >= 4 is 35.7 Å². The summed E-state index contributed by atoms with van der Waals surface area (Å²) in [6.45, 7) is 3.79. The molecule has 2 rings (SSSR count). The van der Waals surface area contributed by atoms with Crippen LogP contribution in [0.2, 0.25) is 0 Å². The largest absolute Gasteiger partial charge is 0.489 e. The van der Waals surface area contributed by atoms with Crippen molar-refractivity contribution in [3.05, 3.63) is 28.8 Å². The third-order valence-electron chi connectivity index (χ3n) is 2.64. The molecule has 0 spiro atoms. The normalized spacial score (nSPS) is 13.8. The molecular weight excluding hydrogens is 203 g/mol. The van der Waals surface area contributed by atoms with Gasteiger partial charge in [-0.3, -0.25) is 0 Å². The summed E-state index contributed by atoms with van der Waals surface area (Å²) >= 11 is 0. The van der Waals surface area contributed by atoms with Gasteiger partial charge in [0.25, 0.3) is 0 Å². The summed E-state index contributed by atoms with van der Waals surface area (Å²) in [5.74, 6) is 0. The van der Waals surface area contributed by atoms with Gasteiger partial charge < -0.3 is 14.5 Å². The molecule has 0 radical (unpaired) electrons. The summed E-state index contributed by atoms with van der Waals surface area (Å²) in [6, 6.07) is 5.26. The van der Waals surface area contributed by atoms with Crippen LogP contribution in [0.15, 0.2) is 22.6 Å². The fourth-order valence-corrected chi connectivity index (χ4v) is 1.93. The SMILES string of the molecule is C/C=c1\c(=C/C)oc2cccc(B(O)O)c12. The van der Waals surface area contributed by atoms with Crippen LogP contribution >= 0.6 is 0 Å². The predicted octanol–water partition coefficient (Wildman–Crippen LogP) is -0.287. The lowest BCUT2D eigenvalue weighted by atomic mass is 9.78. The second-order valence-corrected chi connectivity index (χ2v) is 3.55. The van der Waals surface area contributed by atoms with Crippen molar-refractivity contribution in [3.63, 3.8) is 0 Å². The highest BCUT2D eigenvalue weighted by Gasteiger charge is 2.17. The van der Waals surface area contributed by atoms with Gasteiger partial charge in [0.05, 0.1) is 0 Å². The molecule has 0 saturated heterocycles. The predicted molar refractivity (Wildman–Crippen MR) is 65.6 cm³/mol. The van der Waals surface area contributed by atoms with Crippen molar-refractivity contribution in [2.75, 3.05) is 0 Å². The van der Waals surface area contributed by atoms with E-state index in [1.54, 1.807) is 12.1 Å². The van der Waals surface area contributed by atoms with E-state index in [-0.39, 0.29) is 0 Å². The van der Waals surface area contributed by atoms with Crippen LogP contribution in [0.4, 0.5) is 0 Å². The van der Waals surface area contributed by atoms with E-state index in [0.29, 0.717) is 11.0 Å². The molecule has 3 nitrogen and oxygen atoms in total. The number of rotatable bonds is 1. The first-order chi connectivity index (χ1) is 7.69. The minimum Gasteiger partial charge on any atom is -0.456 e. The van der Waals surface area contributed by atoms with E-state index in [4.69, 9.17) is 4.42 Å². The van der Waals surface area contributed by atoms with Gasteiger partial charge in [-0.1, -0.05) is 18.2 Å². The second-order valence-electron chi connectivity index (χ2n) is 3.55. The Morgan fingerprint density at radius 2 is 1.94 bits per heavy atom. The molecule has 0 unspecified atom stereocenters. The molecule has 2 aromatic rings. The molecule has 2 N–H and O–H groups in total. The van der Waals surface area contributed by atoms with Crippen LogP contribution in [0.1, 0.15) is 13.8 Å². The molecule has 0 fully saturated rings. The van der Waals surface area contributed by atoms with Gasteiger partial charge in [-0.15, -0.1) is 0 Å². The molecule has 4 heteroatoms. The number of hydrogen-bond acceptors (Lipinski definition) is 3. The summed E-state index contributed by atoms with van der Waals surface area (Å²) < 4.78 is 5.62. The molecule has 1 aromatic heterocycles. The van der Waals surface area contributed by atoms with Crippen molar-refractivity contribution < 1.29 is 14.5 Å². The Morgan fingerprint density at radius 1 is 1.19 bits per heavy atom. The second kappa shape index (κ2) is 4.16. The lowest BCUT2D eigenvalue weighted by Gasteiger charge is -1.99. The maximum atomic E-state index is 9.31. The molecule has 0 bridgehead atoms. The number of fused-ring (bicyclic) bond motifs is 1. The van der Waals surface area contributed by atoms with Crippen molar-refractivity contribution in [1.82, 2.24) is 0 Å². The zero-order chi connectivity index (χ0) is 11.7. The topological polar surface area (TPSA) is 53.6 Å². The number of hydrogen-bond donors (Lipinski definition) is 2. The van der Waals surface area contributed by atoms with Crippen LogP contribution in [0.5, 0.6) is 0 Å². The first-order valence-electron chi connectivity index (χ1n) is 5.19. The van der Waals surface area contributed by atoms with E-state index in [1.165, 1.54) is 0 Å². The Labute approximate surface area is 93.5 Å². The minimum absolute atomic E-state index is 0.474. The summed E-state index contributed by atoms with van der Waals surface area (Å²) in [5.41, 5.74) is 1.90. The smallest absolute Gasteiger partial charge is 0.456 e. The molecule has 1 heterocycles. The van der Waals surface area contributed by atoms with Gasteiger partial charge >= 0.3 is 7.12 Å². The van der Waals surface area contributed by atoms with Gasteiger partial charge in [-0.25, -0.2) is 0 Å². The zero-order valence-corrected chi connectivity index (χ0v) is 9.27. The molecule has 1 aromatic carbocycles. The van der Waals surface area contributed by atoms with E-state index in [0.717, 1.165) is 16.0 Å². The third-order valence-corrected chi connectivity index (χ3v) is 2.64. The zero-order valence-electron chi connectivity index (χ0n) is 9.27. The molecule has 0 aliphatic carbocycles.